The van der Waals surface area contributed by atoms with E-state index < -0.39 is 13.3 Å². The number of aldehydes is 1. The van der Waals surface area contributed by atoms with E-state index in [-0.39, 0.29) is 13.2 Å². The number of carbonyl (C=O) groups is 1. The molecule has 0 aromatic heterocycles. The molecule has 1 rings (SSSR count). The van der Waals surface area contributed by atoms with Gasteiger partial charge < -0.3 is 9.05 Å². The minimum Gasteiger partial charge on any atom is -0.308 e. The van der Waals surface area contributed by atoms with Crippen LogP contribution in [0.4, 0.5) is 0 Å². The van der Waals surface area contributed by atoms with Crippen LogP contribution in [0.25, 0.3) is 0 Å². The van der Waals surface area contributed by atoms with Gasteiger partial charge >= 0.3 is 7.60 Å². The van der Waals surface area contributed by atoms with Crippen LogP contribution in [0.3, 0.4) is 0 Å². The molecule has 102 valence electrons. The van der Waals surface area contributed by atoms with Crippen LogP contribution in [0.2, 0.25) is 0 Å². The van der Waals surface area contributed by atoms with Crippen LogP contribution in [0, 0.1) is 11.3 Å². The Balaban J connectivity index is 3.28. The maximum atomic E-state index is 12.6. The molecule has 0 saturated heterocycles. The Kier molecular flexibility index (Phi) is 5.91. The minimum absolute atomic E-state index is 0.165. The summed E-state index contributed by atoms with van der Waals surface area (Å²) in [5, 5.41) is 9.29. The molecule has 6 heteroatoms. The number of nitriles is 1. The highest BCUT2D eigenvalue weighted by molar-refractivity contribution is 7.54. The van der Waals surface area contributed by atoms with Gasteiger partial charge in [0.2, 0.25) is 0 Å². The Morgan fingerprint density at radius 2 is 1.89 bits per heavy atom. The lowest BCUT2D eigenvalue weighted by molar-refractivity contribution is 0.112. The summed E-state index contributed by atoms with van der Waals surface area (Å²) >= 11 is 0. The van der Waals surface area contributed by atoms with Gasteiger partial charge in [-0.25, -0.2) is 0 Å². The van der Waals surface area contributed by atoms with E-state index in [1.807, 2.05) is 6.07 Å². The van der Waals surface area contributed by atoms with Gasteiger partial charge in [-0.15, -0.1) is 0 Å². The summed E-state index contributed by atoms with van der Waals surface area (Å²) in [6.07, 6.45) is 0.627. The molecule has 0 aliphatic rings. The van der Waals surface area contributed by atoms with Crippen LogP contribution >= 0.6 is 7.60 Å². The third-order valence-electron chi connectivity index (χ3n) is 2.47. The molecule has 0 aliphatic carbocycles. The molecule has 1 atom stereocenters. The first-order valence-electron chi connectivity index (χ1n) is 5.95. The Labute approximate surface area is 112 Å². The maximum absolute atomic E-state index is 12.6. The summed E-state index contributed by atoms with van der Waals surface area (Å²) in [7, 11) is -3.61. The summed E-state index contributed by atoms with van der Waals surface area (Å²) in [4.78, 5) is 11.0. The van der Waals surface area contributed by atoms with Crippen LogP contribution in [-0.2, 0) is 13.6 Å². The van der Waals surface area contributed by atoms with Gasteiger partial charge in [0.25, 0.3) is 0 Å². The molecule has 5 nitrogen and oxygen atoms in total. The summed E-state index contributed by atoms with van der Waals surface area (Å²) in [6.45, 7) is 3.68. The van der Waals surface area contributed by atoms with Crippen molar-refractivity contribution in [3.05, 3.63) is 35.4 Å². The number of rotatable bonds is 7. The van der Waals surface area contributed by atoms with E-state index in [0.29, 0.717) is 17.4 Å². The van der Waals surface area contributed by atoms with Gasteiger partial charge in [-0.3, -0.25) is 9.36 Å². The van der Waals surface area contributed by atoms with Crippen LogP contribution in [0.1, 0.15) is 35.4 Å². The van der Waals surface area contributed by atoms with E-state index in [1.165, 1.54) is 0 Å². The van der Waals surface area contributed by atoms with Crippen molar-refractivity contribution in [3.63, 3.8) is 0 Å². The Morgan fingerprint density at radius 3 is 2.37 bits per heavy atom. The Bertz CT molecular complexity index is 514. The van der Waals surface area contributed by atoms with Gasteiger partial charge in [0.1, 0.15) is 6.29 Å². The molecule has 1 aromatic rings. The third-order valence-corrected chi connectivity index (χ3v) is 4.74. The molecule has 0 radical (unpaired) electrons. The topological polar surface area (TPSA) is 76.4 Å². The van der Waals surface area contributed by atoms with Gasteiger partial charge in [0.05, 0.1) is 19.3 Å². The fourth-order valence-electron chi connectivity index (χ4n) is 1.72. The lowest BCUT2D eigenvalue weighted by Crippen LogP contribution is -2.07. The molecule has 1 unspecified atom stereocenters. The van der Waals surface area contributed by atoms with Crippen molar-refractivity contribution in [1.29, 1.82) is 5.26 Å². The van der Waals surface area contributed by atoms with Crippen LogP contribution in [0.15, 0.2) is 24.3 Å². The summed E-state index contributed by atoms with van der Waals surface area (Å²) in [5.41, 5.74) is -0.423. The number of nitrogens with zero attached hydrogens (tertiary/aromatic N) is 1. The van der Waals surface area contributed by atoms with Crippen molar-refractivity contribution in [2.75, 3.05) is 13.2 Å². The van der Waals surface area contributed by atoms with Crippen LogP contribution in [0.5, 0.6) is 0 Å². The SMILES string of the molecule is CCOP(=O)(OCC)C(C#N)c1ccccc1C=O. The third kappa shape index (κ3) is 3.51. The number of carbonyl (C=O) groups excluding carboxylic acids is 1. The standard InChI is InChI=1S/C13H16NO4P/c1-3-17-19(16,18-4-2)13(9-14)12-8-6-5-7-11(12)10-15/h5-8,10,13H,3-4H2,1-2H3. The van der Waals surface area contributed by atoms with Crippen molar-refractivity contribution in [2.45, 2.75) is 19.5 Å². The predicted molar refractivity (Wildman–Crippen MR) is 71.0 cm³/mol. The Hall–Kier alpha value is -1.47. The Morgan fingerprint density at radius 1 is 1.32 bits per heavy atom. The molecule has 0 spiro atoms. The first-order valence-corrected chi connectivity index (χ1v) is 7.56. The van der Waals surface area contributed by atoms with Crippen molar-refractivity contribution in [2.24, 2.45) is 0 Å². The quantitative estimate of drug-likeness (QED) is 0.566. The molecular weight excluding hydrogens is 265 g/mol. The lowest BCUT2D eigenvalue weighted by atomic mass is 10.1. The first-order chi connectivity index (χ1) is 9.12. The zero-order valence-corrected chi connectivity index (χ0v) is 11.8. The average molecular weight is 281 g/mol. The largest absolute Gasteiger partial charge is 0.352 e. The maximum Gasteiger partial charge on any atom is 0.352 e. The van der Waals surface area contributed by atoms with Crippen molar-refractivity contribution < 1.29 is 18.4 Å². The molecule has 0 amide bonds. The molecule has 0 aliphatic heterocycles. The zero-order valence-electron chi connectivity index (χ0n) is 10.9. The molecule has 0 heterocycles. The second kappa shape index (κ2) is 7.20. The van der Waals surface area contributed by atoms with E-state index >= 15 is 0 Å². The fourth-order valence-corrected chi connectivity index (χ4v) is 3.53. The monoisotopic (exact) mass is 281 g/mol. The first kappa shape index (κ1) is 15.6. The van der Waals surface area contributed by atoms with E-state index in [2.05, 4.69) is 0 Å². The van der Waals surface area contributed by atoms with E-state index in [1.54, 1.807) is 38.1 Å². The van der Waals surface area contributed by atoms with Crippen molar-refractivity contribution in [3.8, 4) is 6.07 Å². The van der Waals surface area contributed by atoms with Crippen molar-refractivity contribution in [1.82, 2.24) is 0 Å². The molecular formula is C13H16NO4P. The molecule has 0 fully saturated rings. The molecule has 0 bridgehead atoms. The molecule has 19 heavy (non-hydrogen) atoms. The van der Waals surface area contributed by atoms with Gasteiger partial charge in [0.15, 0.2) is 5.66 Å². The second-order valence-electron chi connectivity index (χ2n) is 3.65. The molecule has 0 N–H and O–H groups in total. The zero-order chi connectivity index (χ0) is 14.3. The molecule has 1 aromatic carbocycles. The second-order valence-corrected chi connectivity index (χ2v) is 5.77. The van der Waals surface area contributed by atoms with Gasteiger partial charge in [-0.2, -0.15) is 5.26 Å². The van der Waals surface area contributed by atoms with E-state index in [0.717, 1.165) is 0 Å². The highest BCUT2D eigenvalue weighted by Crippen LogP contribution is 2.60. The van der Waals surface area contributed by atoms with Gasteiger partial charge in [-0.1, -0.05) is 24.3 Å². The highest BCUT2D eigenvalue weighted by Gasteiger charge is 2.38. The van der Waals surface area contributed by atoms with E-state index in [9.17, 15) is 14.6 Å². The normalized spacial score (nSPS) is 12.7. The molecule has 0 saturated carbocycles. The fraction of sp³-hybridized carbons (Fsp3) is 0.385. The van der Waals surface area contributed by atoms with E-state index in [4.69, 9.17) is 9.05 Å². The highest BCUT2D eigenvalue weighted by atomic mass is 31.2. The summed E-state index contributed by atoms with van der Waals surface area (Å²) < 4.78 is 23.0. The predicted octanol–water partition coefficient (Wildman–Crippen LogP) is 3.33. The van der Waals surface area contributed by atoms with Crippen LogP contribution in [-0.4, -0.2) is 19.5 Å². The smallest absolute Gasteiger partial charge is 0.308 e. The number of hydrogen-bond acceptors (Lipinski definition) is 5. The van der Waals surface area contributed by atoms with Crippen molar-refractivity contribution >= 4 is 13.9 Å². The van der Waals surface area contributed by atoms with Gasteiger partial charge in [-0.05, 0) is 19.4 Å². The van der Waals surface area contributed by atoms with Gasteiger partial charge in [0, 0.05) is 5.56 Å². The van der Waals surface area contributed by atoms with Crippen LogP contribution < -0.4 is 0 Å². The number of hydrogen-bond donors (Lipinski definition) is 0. The summed E-state index contributed by atoms with van der Waals surface area (Å²) in [6, 6.07) is 8.43. The summed E-state index contributed by atoms with van der Waals surface area (Å²) in [5.74, 6) is 0. The number of benzene rings is 1. The average Bonchev–Trinajstić information content (AvgIpc) is 2.40. The lowest BCUT2D eigenvalue weighted by Gasteiger charge is -2.22. The minimum atomic E-state index is -3.61.